The molecule has 1 saturated heterocycles. The Morgan fingerprint density at radius 2 is 1.73 bits per heavy atom. The van der Waals surface area contributed by atoms with Gasteiger partial charge in [-0.1, -0.05) is 30.3 Å². The van der Waals surface area contributed by atoms with Gasteiger partial charge in [0.25, 0.3) is 5.91 Å². The summed E-state index contributed by atoms with van der Waals surface area (Å²) in [7, 11) is 0. The molecule has 8 heteroatoms. The van der Waals surface area contributed by atoms with Crippen LogP contribution >= 0.6 is 11.3 Å². The number of aromatic nitrogens is 3. The zero-order valence-electron chi connectivity index (χ0n) is 16.5. The number of thiophene rings is 1. The minimum absolute atomic E-state index is 0.0588. The lowest BCUT2D eigenvalue weighted by Crippen LogP contribution is -2.48. The number of carbonyl (C=O) groups excluding carboxylic acids is 1. The zero-order valence-corrected chi connectivity index (χ0v) is 17.3. The molecule has 7 nitrogen and oxygen atoms in total. The molecule has 5 rings (SSSR count). The van der Waals surface area contributed by atoms with Crippen molar-refractivity contribution in [1.82, 2.24) is 19.2 Å². The van der Waals surface area contributed by atoms with E-state index in [1.807, 2.05) is 52.1 Å². The van der Waals surface area contributed by atoms with Crippen molar-refractivity contribution in [2.45, 2.75) is 37.8 Å². The van der Waals surface area contributed by atoms with Gasteiger partial charge in [-0.25, -0.2) is 4.68 Å². The number of benzene rings is 1. The molecule has 0 unspecified atom stereocenters. The van der Waals surface area contributed by atoms with Crippen molar-refractivity contribution in [2.24, 2.45) is 0 Å². The van der Waals surface area contributed by atoms with Crippen molar-refractivity contribution in [2.75, 3.05) is 13.1 Å². The summed E-state index contributed by atoms with van der Waals surface area (Å²) in [4.78, 5) is 39.9. The van der Waals surface area contributed by atoms with Gasteiger partial charge >= 0.3 is 11.1 Å². The number of hydrogen-bond donors (Lipinski definition) is 0. The van der Waals surface area contributed by atoms with Crippen LogP contribution in [0.25, 0.3) is 0 Å². The topological polar surface area (TPSA) is 77.2 Å². The van der Waals surface area contributed by atoms with Gasteiger partial charge in [0.15, 0.2) is 0 Å². The Morgan fingerprint density at radius 1 is 1.00 bits per heavy atom. The molecule has 1 fully saturated rings. The first-order chi connectivity index (χ1) is 14.6. The summed E-state index contributed by atoms with van der Waals surface area (Å²) in [5.41, 5.74) is 0.333. The van der Waals surface area contributed by atoms with Crippen molar-refractivity contribution in [1.29, 1.82) is 0 Å². The normalized spacial score (nSPS) is 17.3. The van der Waals surface area contributed by atoms with E-state index < -0.39 is 11.1 Å². The molecule has 0 bridgehead atoms. The third-order valence-corrected chi connectivity index (χ3v) is 7.06. The highest BCUT2D eigenvalue weighted by Gasteiger charge is 2.45. The second-order valence-electron chi connectivity index (χ2n) is 8.06. The van der Waals surface area contributed by atoms with Crippen LogP contribution in [0.1, 0.15) is 41.0 Å². The smallest absolute Gasteiger partial charge is 0.332 e. The van der Waals surface area contributed by atoms with Gasteiger partial charge in [-0.2, -0.15) is 16.4 Å². The second kappa shape index (κ2) is 7.36. The first-order valence-electron chi connectivity index (χ1n) is 10.2. The van der Waals surface area contributed by atoms with Gasteiger partial charge in [0.1, 0.15) is 5.82 Å². The fraction of sp³-hybridized carbons (Fsp3) is 0.364. The van der Waals surface area contributed by atoms with Crippen LogP contribution in [-0.4, -0.2) is 38.2 Å². The Kier molecular flexibility index (Phi) is 4.66. The molecular formula is C22H22N4O3S. The van der Waals surface area contributed by atoms with Crippen LogP contribution in [0.2, 0.25) is 0 Å². The maximum Gasteiger partial charge on any atom is 0.332 e. The van der Waals surface area contributed by atoms with Crippen LogP contribution in [0, 0.1) is 0 Å². The standard InChI is InChI=1S/C22H22N4O3S/c27-18(17-6-13-30-15-17)24-10-7-22(8-11-24)9-12-25-19(28)20(29)26(23-21(22)25)14-16-4-2-1-3-5-16/h1-6,13,15H,7-12,14H2. The Hall–Kier alpha value is -3.00. The highest BCUT2D eigenvalue weighted by molar-refractivity contribution is 7.08. The van der Waals surface area contributed by atoms with Crippen LogP contribution in [0.15, 0.2) is 56.7 Å². The zero-order chi connectivity index (χ0) is 20.7. The SMILES string of the molecule is O=C(c1ccsc1)N1CCC2(CC1)CCn1c2nn(Cc2ccccc2)c(=O)c1=O. The quantitative estimate of drug-likeness (QED) is 0.606. The molecule has 2 aliphatic rings. The molecule has 3 aromatic rings. The third-order valence-electron chi connectivity index (χ3n) is 6.37. The van der Waals surface area contributed by atoms with Gasteiger partial charge in [0, 0.05) is 30.4 Å². The van der Waals surface area contributed by atoms with Crippen LogP contribution in [-0.2, 0) is 18.5 Å². The fourth-order valence-electron chi connectivity index (χ4n) is 4.62. The lowest BCUT2D eigenvalue weighted by atomic mass is 9.76. The number of likely N-dealkylation sites (tertiary alicyclic amines) is 1. The van der Waals surface area contributed by atoms with Gasteiger partial charge < -0.3 is 4.90 Å². The van der Waals surface area contributed by atoms with Crippen molar-refractivity contribution in [3.63, 3.8) is 0 Å². The molecular weight excluding hydrogens is 400 g/mol. The predicted molar refractivity (Wildman–Crippen MR) is 114 cm³/mol. The molecule has 1 amide bonds. The van der Waals surface area contributed by atoms with Gasteiger partial charge in [-0.15, -0.1) is 0 Å². The number of piperidine rings is 1. The molecule has 30 heavy (non-hydrogen) atoms. The number of nitrogens with zero attached hydrogens (tertiary/aromatic N) is 4. The van der Waals surface area contributed by atoms with Gasteiger partial charge in [-0.3, -0.25) is 19.0 Å². The van der Waals surface area contributed by atoms with E-state index in [9.17, 15) is 14.4 Å². The third kappa shape index (κ3) is 3.11. The molecule has 0 radical (unpaired) electrons. The number of hydrogen-bond acceptors (Lipinski definition) is 5. The van der Waals surface area contributed by atoms with E-state index in [0.717, 1.165) is 30.4 Å². The number of rotatable bonds is 3. The van der Waals surface area contributed by atoms with E-state index in [1.165, 1.54) is 16.0 Å². The van der Waals surface area contributed by atoms with E-state index >= 15 is 0 Å². The molecule has 0 atom stereocenters. The van der Waals surface area contributed by atoms with E-state index in [4.69, 9.17) is 0 Å². The van der Waals surface area contributed by atoms with Crippen molar-refractivity contribution >= 4 is 17.2 Å². The van der Waals surface area contributed by atoms with Crippen LogP contribution in [0.5, 0.6) is 0 Å². The highest BCUT2D eigenvalue weighted by atomic mass is 32.1. The molecule has 0 aliphatic carbocycles. The monoisotopic (exact) mass is 422 g/mol. The van der Waals surface area contributed by atoms with Gasteiger partial charge in [0.05, 0.1) is 12.1 Å². The largest absolute Gasteiger partial charge is 0.339 e. The van der Waals surface area contributed by atoms with Crippen LogP contribution < -0.4 is 11.1 Å². The predicted octanol–water partition coefficient (Wildman–Crippen LogP) is 2.09. The Labute approximate surface area is 177 Å². The molecule has 1 aromatic carbocycles. The fourth-order valence-corrected chi connectivity index (χ4v) is 5.25. The number of fused-ring (bicyclic) bond motifs is 2. The highest BCUT2D eigenvalue weighted by Crippen LogP contribution is 2.41. The minimum atomic E-state index is -0.579. The number of amides is 1. The molecule has 0 N–H and O–H groups in total. The van der Waals surface area contributed by atoms with Gasteiger partial charge in [-0.05, 0) is 36.3 Å². The molecule has 0 saturated carbocycles. The number of carbonyl (C=O) groups is 1. The summed E-state index contributed by atoms with van der Waals surface area (Å²) < 4.78 is 2.86. The lowest BCUT2D eigenvalue weighted by Gasteiger charge is -2.38. The van der Waals surface area contributed by atoms with E-state index in [1.54, 1.807) is 4.57 Å². The van der Waals surface area contributed by atoms with E-state index in [0.29, 0.717) is 25.5 Å². The molecule has 2 aliphatic heterocycles. The summed E-state index contributed by atoms with van der Waals surface area (Å²) in [5, 5.41) is 8.46. The molecule has 1 spiro atoms. The Morgan fingerprint density at radius 3 is 2.43 bits per heavy atom. The molecule has 154 valence electrons. The Balaban J connectivity index is 1.43. The summed E-state index contributed by atoms with van der Waals surface area (Å²) in [6.07, 6.45) is 2.28. The Bertz CT molecular complexity index is 1190. The minimum Gasteiger partial charge on any atom is -0.339 e. The summed E-state index contributed by atoms with van der Waals surface area (Å²) >= 11 is 1.52. The van der Waals surface area contributed by atoms with Crippen molar-refractivity contribution < 1.29 is 4.79 Å². The molecule has 2 aromatic heterocycles. The lowest BCUT2D eigenvalue weighted by molar-refractivity contribution is 0.0662. The second-order valence-corrected chi connectivity index (χ2v) is 8.84. The summed E-state index contributed by atoms with van der Waals surface area (Å²) in [6, 6.07) is 11.4. The first kappa shape index (κ1) is 19.0. The summed E-state index contributed by atoms with van der Waals surface area (Å²) in [6.45, 7) is 2.05. The van der Waals surface area contributed by atoms with Crippen molar-refractivity contribution in [3.8, 4) is 0 Å². The average Bonchev–Trinajstić information content (AvgIpc) is 3.42. The average molecular weight is 423 g/mol. The maximum absolute atomic E-state index is 12.8. The van der Waals surface area contributed by atoms with E-state index in [2.05, 4.69) is 5.10 Å². The van der Waals surface area contributed by atoms with Crippen LogP contribution in [0.3, 0.4) is 0 Å². The maximum atomic E-state index is 12.8. The molecule has 4 heterocycles. The summed E-state index contributed by atoms with van der Waals surface area (Å²) in [5.74, 6) is 0.758. The van der Waals surface area contributed by atoms with Crippen molar-refractivity contribution in [3.05, 3.63) is 84.8 Å². The van der Waals surface area contributed by atoms with E-state index in [-0.39, 0.29) is 17.9 Å². The first-order valence-corrected chi connectivity index (χ1v) is 11.1. The van der Waals surface area contributed by atoms with Gasteiger partial charge in [0.2, 0.25) is 0 Å². The van der Waals surface area contributed by atoms with Crippen LogP contribution in [0.4, 0.5) is 0 Å².